The molecule has 0 saturated heterocycles. The minimum Gasteiger partial charge on any atom is -0.494 e. The number of carboxylic acid groups (broad SMARTS) is 1. The van der Waals surface area contributed by atoms with Gasteiger partial charge in [-0.3, -0.25) is 9.69 Å². The minimum atomic E-state index is -1.11. The summed E-state index contributed by atoms with van der Waals surface area (Å²) in [7, 11) is 0. The normalized spacial score (nSPS) is 14.5. The molecular formula is C26H19Cl2NO4. The van der Waals surface area contributed by atoms with Crippen LogP contribution in [0, 0.1) is 0 Å². The summed E-state index contributed by atoms with van der Waals surface area (Å²) in [5.74, 6) is -0.686. The van der Waals surface area contributed by atoms with E-state index in [9.17, 15) is 14.7 Å². The number of halogens is 2. The fourth-order valence-corrected chi connectivity index (χ4v) is 3.84. The van der Waals surface area contributed by atoms with Crippen LogP contribution in [0.2, 0.25) is 10.0 Å². The number of benzene rings is 3. The Balaban J connectivity index is 1.81. The van der Waals surface area contributed by atoms with E-state index < -0.39 is 5.97 Å². The van der Waals surface area contributed by atoms with Crippen LogP contribution in [0.15, 0.2) is 78.4 Å². The van der Waals surface area contributed by atoms with Crippen LogP contribution in [-0.2, 0) is 4.79 Å². The Kier molecular flexibility index (Phi) is 6.54. The Morgan fingerprint density at radius 2 is 1.73 bits per heavy atom. The van der Waals surface area contributed by atoms with Crippen molar-refractivity contribution in [3.05, 3.63) is 105 Å². The van der Waals surface area contributed by atoms with E-state index in [-0.39, 0.29) is 22.2 Å². The number of anilines is 1. The summed E-state index contributed by atoms with van der Waals surface area (Å²) in [6.07, 6.45) is 3.52. The second kappa shape index (κ2) is 9.53. The summed E-state index contributed by atoms with van der Waals surface area (Å²) in [4.78, 5) is 26.5. The van der Waals surface area contributed by atoms with E-state index in [2.05, 4.69) is 0 Å². The van der Waals surface area contributed by atoms with Gasteiger partial charge in [-0.2, -0.15) is 0 Å². The van der Waals surface area contributed by atoms with E-state index in [0.29, 0.717) is 22.9 Å². The molecule has 0 spiro atoms. The molecule has 0 aromatic heterocycles. The van der Waals surface area contributed by atoms with Crippen LogP contribution >= 0.6 is 23.2 Å². The van der Waals surface area contributed by atoms with Gasteiger partial charge in [0.05, 0.1) is 28.6 Å². The molecule has 0 fully saturated rings. The van der Waals surface area contributed by atoms with Crippen molar-refractivity contribution in [3.8, 4) is 5.75 Å². The molecule has 5 nitrogen and oxygen atoms in total. The van der Waals surface area contributed by atoms with Gasteiger partial charge >= 0.3 is 5.97 Å². The molecular weight excluding hydrogens is 461 g/mol. The molecule has 1 amide bonds. The zero-order valence-electron chi connectivity index (χ0n) is 17.6. The molecule has 3 aromatic rings. The van der Waals surface area contributed by atoms with Crippen LogP contribution in [0.5, 0.6) is 5.75 Å². The molecule has 4 rings (SSSR count). The first-order chi connectivity index (χ1) is 15.9. The highest BCUT2D eigenvalue weighted by Crippen LogP contribution is 2.39. The van der Waals surface area contributed by atoms with Gasteiger partial charge < -0.3 is 9.84 Å². The number of aromatic carboxylic acids is 1. The van der Waals surface area contributed by atoms with E-state index >= 15 is 0 Å². The molecule has 3 aromatic carbocycles. The van der Waals surface area contributed by atoms with E-state index in [1.54, 1.807) is 36.4 Å². The van der Waals surface area contributed by atoms with Crippen LogP contribution in [0.4, 0.5) is 5.69 Å². The zero-order valence-corrected chi connectivity index (χ0v) is 19.1. The van der Waals surface area contributed by atoms with Gasteiger partial charge in [-0.1, -0.05) is 47.5 Å². The lowest BCUT2D eigenvalue weighted by Crippen LogP contribution is -2.25. The third-order valence-electron chi connectivity index (χ3n) is 5.07. The van der Waals surface area contributed by atoms with Gasteiger partial charge in [-0.25, -0.2) is 4.79 Å². The van der Waals surface area contributed by atoms with Crippen molar-refractivity contribution in [1.29, 1.82) is 0 Å². The van der Waals surface area contributed by atoms with Crippen molar-refractivity contribution in [2.75, 3.05) is 11.5 Å². The lowest BCUT2D eigenvalue weighted by Gasteiger charge is -2.22. The Hall–Kier alpha value is -3.54. The molecule has 7 heteroatoms. The molecule has 1 N–H and O–H groups in total. The van der Waals surface area contributed by atoms with Gasteiger partial charge in [-0.15, -0.1) is 0 Å². The average Bonchev–Trinajstić information content (AvgIpc) is 3.11. The van der Waals surface area contributed by atoms with Crippen molar-refractivity contribution >= 4 is 52.5 Å². The SMILES string of the molecule is CCOc1ccc(/C=C2\C=C(c3ccc(Cl)cc3)N(c3cc(C(=O)O)ccc3Cl)C2=O)cc1. The first-order valence-corrected chi connectivity index (χ1v) is 10.9. The van der Waals surface area contributed by atoms with Crippen molar-refractivity contribution < 1.29 is 19.4 Å². The largest absolute Gasteiger partial charge is 0.494 e. The predicted octanol–water partition coefficient (Wildman–Crippen LogP) is 6.56. The number of carbonyl (C=O) groups is 2. The summed E-state index contributed by atoms with van der Waals surface area (Å²) in [6, 6.07) is 18.7. The number of amides is 1. The molecule has 1 heterocycles. The Bertz CT molecular complexity index is 1280. The van der Waals surface area contributed by atoms with Crippen LogP contribution in [0.1, 0.15) is 28.4 Å². The number of hydrogen-bond acceptors (Lipinski definition) is 3. The fraction of sp³-hybridized carbons (Fsp3) is 0.0769. The van der Waals surface area contributed by atoms with Gasteiger partial charge in [0.15, 0.2) is 0 Å². The second-order valence-electron chi connectivity index (χ2n) is 7.25. The summed E-state index contributed by atoms with van der Waals surface area (Å²) < 4.78 is 5.47. The smallest absolute Gasteiger partial charge is 0.335 e. The third-order valence-corrected chi connectivity index (χ3v) is 5.64. The average molecular weight is 480 g/mol. The van der Waals surface area contributed by atoms with E-state index in [1.807, 2.05) is 31.2 Å². The highest BCUT2D eigenvalue weighted by atomic mass is 35.5. The molecule has 1 aliphatic heterocycles. The molecule has 0 aliphatic carbocycles. The summed E-state index contributed by atoms with van der Waals surface area (Å²) >= 11 is 12.5. The number of carbonyl (C=O) groups excluding carboxylic acids is 1. The van der Waals surface area contributed by atoms with Crippen molar-refractivity contribution in [1.82, 2.24) is 0 Å². The standard InChI is InChI=1S/C26H19Cl2NO4/c1-2-33-21-10-3-16(4-11-21)13-19-15-23(17-5-8-20(27)9-6-17)29(25(19)30)24-14-18(26(31)32)7-12-22(24)28/h3-15H,2H2,1H3,(H,31,32)/b19-13+. The summed E-state index contributed by atoms with van der Waals surface area (Å²) in [5, 5.41) is 10.3. The maximum Gasteiger partial charge on any atom is 0.335 e. The molecule has 0 atom stereocenters. The highest BCUT2D eigenvalue weighted by molar-refractivity contribution is 6.36. The van der Waals surface area contributed by atoms with Gasteiger partial charge in [0.25, 0.3) is 5.91 Å². The van der Waals surface area contributed by atoms with Gasteiger partial charge in [0, 0.05) is 10.6 Å². The molecule has 0 unspecified atom stereocenters. The Morgan fingerprint density at radius 1 is 1.03 bits per heavy atom. The molecule has 166 valence electrons. The van der Waals surface area contributed by atoms with Crippen molar-refractivity contribution in [2.24, 2.45) is 0 Å². The lowest BCUT2D eigenvalue weighted by atomic mass is 10.1. The minimum absolute atomic E-state index is 0.0293. The predicted molar refractivity (Wildman–Crippen MR) is 131 cm³/mol. The zero-order chi connectivity index (χ0) is 23.5. The second-order valence-corrected chi connectivity index (χ2v) is 8.09. The van der Waals surface area contributed by atoms with Gasteiger partial charge in [0.1, 0.15) is 5.75 Å². The summed E-state index contributed by atoms with van der Waals surface area (Å²) in [5.41, 5.74) is 2.87. The third kappa shape index (κ3) is 4.80. The molecule has 1 aliphatic rings. The Labute approximate surface area is 201 Å². The number of rotatable bonds is 6. The quantitative estimate of drug-likeness (QED) is 0.406. The maximum atomic E-state index is 13.5. The number of ether oxygens (including phenoxy) is 1. The van der Waals surface area contributed by atoms with Crippen molar-refractivity contribution in [2.45, 2.75) is 6.92 Å². The van der Waals surface area contributed by atoms with Crippen LogP contribution in [0.3, 0.4) is 0 Å². The van der Waals surface area contributed by atoms with Crippen molar-refractivity contribution in [3.63, 3.8) is 0 Å². The molecule has 0 radical (unpaired) electrons. The number of hydrogen-bond donors (Lipinski definition) is 1. The first kappa shape index (κ1) is 22.6. The first-order valence-electron chi connectivity index (χ1n) is 10.2. The topological polar surface area (TPSA) is 66.8 Å². The monoisotopic (exact) mass is 479 g/mol. The van der Waals surface area contributed by atoms with Gasteiger partial charge in [0.2, 0.25) is 0 Å². The Morgan fingerprint density at radius 3 is 2.36 bits per heavy atom. The number of nitrogens with zero attached hydrogens (tertiary/aromatic N) is 1. The molecule has 0 saturated carbocycles. The van der Waals surface area contributed by atoms with Crippen LogP contribution < -0.4 is 9.64 Å². The molecule has 0 bridgehead atoms. The lowest BCUT2D eigenvalue weighted by molar-refractivity contribution is -0.113. The van der Waals surface area contributed by atoms with E-state index in [4.69, 9.17) is 27.9 Å². The molecule has 33 heavy (non-hydrogen) atoms. The summed E-state index contributed by atoms with van der Waals surface area (Å²) in [6.45, 7) is 2.48. The number of carboxylic acids is 1. The maximum absolute atomic E-state index is 13.5. The fourth-order valence-electron chi connectivity index (χ4n) is 3.51. The van der Waals surface area contributed by atoms with Gasteiger partial charge in [-0.05, 0) is 72.7 Å². The van der Waals surface area contributed by atoms with Crippen LogP contribution in [0.25, 0.3) is 11.8 Å². The highest BCUT2D eigenvalue weighted by Gasteiger charge is 2.32. The van der Waals surface area contributed by atoms with E-state index in [0.717, 1.165) is 16.9 Å². The van der Waals surface area contributed by atoms with Crippen LogP contribution in [-0.4, -0.2) is 23.6 Å². The van der Waals surface area contributed by atoms with E-state index in [1.165, 1.54) is 23.1 Å².